The summed E-state index contributed by atoms with van der Waals surface area (Å²) >= 11 is 0. The van der Waals surface area contributed by atoms with Crippen LogP contribution in [0.5, 0.6) is 0 Å². The van der Waals surface area contributed by atoms with Crippen molar-refractivity contribution < 1.29 is 34.3 Å². The minimum atomic E-state index is -1.98. The van der Waals surface area contributed by atoms with Crippen LogP contribution in [0, 0.1) is 0 Å². The fraction of sp³-hybridized carbons (Fsp3) is 0.889. The summed E-state index contributed by atoms with van der Waals surface area (Å²) in [6, 6.07) is 0. The van der Waals surface area contributed by atoms with Gasteiger partial charge in [-0.1, -0.05) is 0 Å². The second-order valence-electron chi connectivity index (χ2n) is 3.64. The Hall–Kier alpha value is -0.770. The van der Waals surface area contributed by atoms with Gasteiger partial charge in [-0.2, -0.15) is 0 Å². The lowest BCUT2D eigenvalue weighted by Crippen LogP contribution is -2.73. The first-order chi connectivity index (χ1) is 8.04. The molecule has 0 radical (unpaired) electrons. The SMILES string of the molecule is CO[C@@H]1C(O)O[C@H](CO)[C@](O)(NC=O)[C@@H]1OC. The average Bonchev–Trinajstić information content (AvgIpc) is 2.31. The summed E-state index contributed by atoms with van der Waals surface area (Å²) in [5, 5.41) is 31.1. The third-order valence-electron chi connectivity index (χ3n) is 2.79. The van der Waals surface area contributed by atoms with E-state index in [1.807, 2.05) is 0 Å². The summed E-state index contributed by atoms with van der Waals surface area (Å²) < 4.78 is 14.9. The third-order valence-corrected chi connectivity index (χ3v) is 2.79. The normalized spacial score (nSPS) is 42.2. The molecule has 0 bridgehead atoms. The molecule has 0 aromatic carbocycles. The van der Waals surface area contributed by atoms with Gasteiger partial charge in [0.15, 0.2) is 12.0 Å². The number of carbonyl (C=O) groups is 1. The second kappa shape index (κ2) is 5.71. The van der Waals surface area contributed by atoms with Crippen molar-refractivity contribution in [2.75, 3.05) is 20.8 Å². The van der Waals surface area contributed by atoms with Gasteiger partial charge in [0.1, 0.15) is 18.3 Å². The standard InChI is InChI=1S/C9H17NO7/c1-15-6-7(16-2)9(14,10-4-12)5(3-11)17-8(6)13/h4-8,11,13-14H,3H2,1-2H3,(H,10,12)/t5-,6+,7-,8?,9-/m1/s1. The number of ether oxygens (including phenoxy) is 3. The maximum absolute atomic E-state index is 10.5. The highest BCUT2D eigenvalue weighted by Crippen LogP contribution is 2.30. The minimum Gasteiger partial charge on any atom is -0.393 e. The lowest BCUT2D eigenvalue weighted by Gasteiger charge is -2.48. The summed E-state index contributed by atoms with van der Waals surface area (Å²) in [7, 11) is 2.57. The average molecular weight is 251 g/mol. The van der Waals surface area contributed by atoms with E-state index in [1.54, 1.807) is 0 Å². The van der Waals surface area contributed by atoms with Crippen molar-refractivity contribution in [2.45, 2.75) is 30.3 Å². The van der Waals surface area contributed by atoms with Crippen LogP contribution in [0.25, 0.3) is 0 Å². The summed E-state index contributed by atoms with van der Waals surface area (Å²) in [5.41, 5.74) is -1.98. The maximum Gasteiger partial charge on any atom is 0.209 e. The Bertz CT molecular complexity index is 264. The molecule has 1 fully saturated rings. The van der Waals surface area contributed by atoms with Gasteiger partial charge in [-0.05, 0) is 0 Å². The molecule has 0 spiro atoms. The Labute approximate surface area is 98.1 Å². The number of nitrogens with one attached hydrogen (secondary N) is 1. The van der Waals surface area contributed by atoms with Gasteiger partial charge in [-0.25, -0.2) is 0 Å². The highest BCUT2D eigenvalue weighted by Gasteiger charge is 2.56. The van der Waals surface area contributed by atoms with Crippen LogP contribution in [-0.2, 0) is 19.0 Å². The molecule has 5 atom stereocenters. The van der Waals surface area contributed by atoms with Crippen molar-refractivity contribution in [3.05, 3.63) is 0 Å². The lowest BCUT2D eigenvalue weighted by molar-refractivity contribution is -0.333. The predicted molar refractivity (Wildman–Crippen MR) is 53.7 cm³/mol. The summed E-state index contributed by atoms with van der Waals surface area (Å²) in [6.07, 6.45) is -4.43. The van der Waals surface area contributed by atoms with E-state index in [0.29, 0.717) is 0 Å². The van der Waals surface area contributed by atoms with Crippen molar-refractivity contribution in [2.24, 2.45) is 0 Å². The molecule has 1 heterocycles. The van der Waals surface area contributed by atoms with Gasteiger partial charge in [0.25, 0.3) is 0 Å². The van der Waals surface area contributed by atoms with E-state index in [-0.39, 0.29) is 6.41 Å². The highest BCUT2D eigenvalue weighted by molar-refractivity contribution is 5.48. The zero-order valence-electron chi connectivity index (χ0n) is 9.57. The number of methoxy groups -OCH3 is 2. The quantitative estimate of drug-likeness (QED) is 0.307. The van der Waals surface area contributed by atoms with Crippen molar-refractivity contribution in [1.82, 2.24) is 5.32 Å². The number of aliphatic hydroxyl groups excluding tert-OH is 2. The van der Waals surface area contributed by atoms with E-state index in [2.05, 4.69) is 5.32 Å². The van der Waals surface area contributed by atoms with Gasteiger partial charge in [-0.3, -0.25) is 4.79 Å². The zero-order valence-corrected chi connectivity index (χ0v) is 9.57. The van der Waals surface area contributed by atoms with Crippen LogP contribution < -0.4 is 5.32 Å². The van der Waals surface area contributed by atoms with Gasteiger partial charge in [-0.15, -0.1) is 0 Å². The molecule has 4 N–H and O–H groups in total. The van der Waals surface area contributed by atoms with E-state index in [0.717, 1.165) is 0 Å². The predicted octanol–water partition coefficient (Wildman–Crippen LogP) is -2.84. The van der Waals surface area contributed by atoms with Crippen molar-refractivity contribution in [1.29, 1.82) is 0 Å². The third kappa shape index (κ3) is 2.41. The molecule has 0 aliphatic carbocycles. The highest BCUT2D eigenvalue weighted by atomic mass is 16.7. The van der Waals surface area contributed by atoms with Crippen LogP contribution in [0.15, 0.2) is 0 Å². The van der Waals surface area contributed by atoms with Crippen molar-refractivity contribution in [3.63, 3.8) is 0 Å². The van der Waals surface area contributed by atoms with Gasteiger partial charge in [0.05, 0.1) is 6.61 Å². The van der Waals surface area contributed by atoms with Crippen molar-refractivity contribution in [3.8, 4) is 0 Å². The molecule has 0 aromatic heterocycles. The Morgan fingerprint density at radius 3 is 2.53 bits per heavy atom. The summed E-state index contributed by atoms with van der Waals surface area (Å²) in [4.78, 5) is 10.5. The molecule has 1 saturated heterocycles. The molecule has 1 amide bonds. The molecular formula is C9H17NO7. The molecule has 17 heavy (non-hydrogen) atoms. The number of aliphatic hydroxyl groups is 3. The fourth-order valence-corrected chi connectivity index (χ4v) is 1.94. The molecule has 100 valence electrons. The molecule has 1 aliphatic rings. The monoisotopic (exact) mass is 251 g/mol. The molecule has 1 unspecified atom stereocenters. The lowest BCUT2D eigenvalue weighted by atomic mass is 9.92. The molecule has 8 heteroatoms. The van der Waals surface area contributed by atoms with Crippen molar-refractivity contribution >= 4 is 6.41 Å². The van der Waals surface area contributed by atoms with Gasteiger partial charge < -0.3 is 34.8 Å². The van der Waals surface area contributed by atoms with E-state index < -0.39 is 36.9 Å². The Kier molecular flexibility index (Phi) is 4.80. The summed E-state index contributed by atoms with van der Waals surface area (Å²) in [6.45, 7) is -0.606. The number of hydrogen-bond donors (Lipinski definition) is 4. The fourth-order valence-electron chi connectivity index (χ4n) is 1.94. The molecule has 1 aliphatic heterocycles. The van der Waals surface area contributed by atoms with Gasteiger partial charge in [0, 0.05) is 14.2 Å². The van der Waals surface area contributed by atoms with Crippen LogP contribution in [0.1, 0.15) is 0 Å². The smallest absolute Gasteiger partial charge is 0.209 e. The first kappa shape index (κ1) is 14.3. The number of carbonyl (C=O) groups excluding carboxylic acids is 1. The Balaban J connectivity index is 3.04. The van der Waals surface area contributed by atoms with Crippen LogP contribution in [0.3, 0.4) is 0 Å². The topological polar surface area (TPSA) is 117 Å². The minimum absolute atomic E-state index is 0.252. The first-order valence-electron chi connectivity index (χ1n) is 4.98. The molecule has 0 aromatic rings. The number of rotatable bonds is 5. The van der Waals surface area contributed by atoms with Crippen LogP contribution in [0.4, 0.5) is 0 Å². The molecular weight excluding hydrogens is 234 g/mol. The molecule has 8 nitrogen and oxygen atoms in total. The van der Waals surface area contributed by atoms with E-state index in [9.17, 15) is 15.0 Å². The number of hydrogen-bond acceptors (Lipinski definition) is 7. The Morgan fingerprint density at radius 2 is 2.12 bits per heavy atom. The molecule has 0 saturated carbocycles. The van der Waals surface area contributed by atoms with Gasteiger partial charge in [0.2, 0.25) is 6.41 Å². The zero-order chi connectivity index (χ0) is 13.1. The van der Waals surface area contributed by atoms with Crippen LogP contribution in [0.2, 0.25) is 0 Å². The van der Waals surface area contributed by atoms with Crippen LogP contribution >= 0.6 is 0 Å². The maximum atomic E-state index is 10.5. The van der Waals surface area contributed by atoms with E-state index in [1.165, 1.54) is 14.2 Å². The second-order valence-corrected chi connectivity index (χ2v) is 3.64. The van der Waals surface area contributed by atoms with Gasteiger partial charge >= 0.3 is 0 Å². The Morgan fingerprint density at radius 1 is 1.47 bits per heavy atom. The van der Waals surface area contributed by atoms with E-state index in [4.69, 9.17) is 19.3 Å². The van der Waals surface area contributed by atoms with E-state index >= 15 is 0 Å². The largest absolute Gasteiger partial charge is 0.393 e. The van der Waals surface area contributed by atoms with Crippen LogP contribution in [-0.4, -0.2) is 72.9 Å². The number of amides is 1. The molecule has 1 rings (SSSR count). The first-order valence-corrected chi connectivity index (χ1v) is 4.98. The summed E-state index contributed by atoms with van der Waals surface area (Å²) in [5.74, 6) is 0.